The Labute approximate surface area is 240 Å². The predicted octanol–water partition coefficient (Wildman–Crippen LogP) is 3.62. The lowest BCUT2D eigenvalue weighted by molar-refractivity contribution is -0.128. The van der Waals surface area contributed by atoms with Crippen molar-refractivity contribution in [3.63, 3.8) is 0 Å². The lowest BCUT2D eigenvalue weighted by Gasteiger charge is -2.35. The highest BCUT2D eigenvalue weighted by atomic mass is 32.2. The number of amides is 1. The van der Waals surface area contributed by atoms with Crippen LogP contribution in [0.5, 0.6) is 0 Å². The van der Waals surface area contributed by atoms with E-state index in [1.54, 1.807) is 31.2 Å². The zero-order chi connectivity index (χ0) is 28.8. The molecular formula is C30H36FN5O4S. The average Bonchev–Trinajstić information content (AvgIpc) is 3.37. The fourth-order valence-corrected chi connectivity index (χ4v) is 6.47. The molecule has 0 aliphatic carbocycles. The average molecular weight is 582 g/mol. The minimum Gasteiger partial charge on any atom is -0.379 e. The third-order valence-corrected chi connectivity index (χ3v) is 8.94. The first-order valence-corrected chi connectivity index (χ1v) is 15.4. The minimum absolute atomic E-state index is 0.0242. The predicted molar refractivity (Wildman–Crippen MR) is 154 cm³/mol. The van der Waals surface area contributed by atoms with E-state index in [4.69, 9.17) is 4.74 Å². The molecule has 41 heavy (non-hydrogen) atoms. The van der Waals surface area contributed by atoms with E-state index in [9.17, 15) is 17.6 Å². The number of pyridine rings is 1. The van der Waals surface area contributed by atoms with E-state index in [0.717, 1.165) is 24.1 Å². The summed E-state index contributed by atoms with van der Waals surface area (Å²) in [5.41, 5.74) is 2.94. The van der Waals surface area contributed by atoms with Gasteiger partial charge in [-0.3, -0.25) is 9.69 Å². The maximum atomic E-state index is 14.8. The van der Waals surface area contributed by atoms with E-state index in [2.05, 4.69) is 19.9 Å². The quantitative estimate of drug-likeness (QED) is 0.357. The van der Waals surface area contributed by atoms with Gasteiger partial charge in [-0.2, -0.15) is 0 Å². The molecule has 1 unspecified atom stereocenters. The Morgan fingerprint density at radius 3 is 2.56 bits per heavy atom. The van der Waals surface area contributed by atoms with E-state index in [1.807, 2.05) is 29.2 Å². The summed E-state index contributed by atoms with van der Waals surface area (Å²) in [6, 6.07) is 17.1. The summed E-state index contributed by atoms with van der Waals surface area (Å²) in [7, 11) is -3.94. The number of aryl methyl sites for hydroxylation is 1. The number of hydrogen-bond acceptors (Lipinski definition) is 7. The molecule has 3 heterocycles. The summed E-state index contributed by atoms with van der Waals surface area (Å²) in [6.07, 6.45) is 1.45. The highest BCUT2D eigenvalue weighted by Gasteiger charge is 2.27. The van der Waals surface area contributed by atoms with Crippen LogP contribution in [0.1, 0.15) is 41.3 Å². The topological polar surface area (TPSA) is 104 Å². The standard InChI is InChI=1S/C30H36FN5O4S/c1-22-11-12-28(41(38,39)33-19-23-6-4-7-24(18-23)21-36-13-5-10-29(36)37)30(34-22)32-20-27(35-14-16-40-17-15-35)25-8-2-3-9-26(25)31/h2-4,6-9,11-12,18,27,33H,5,10,13-17,19-21H2,1H3,(H,32,34). The van der Waals surface area contributed by atoms with Crippen molar-refractivity contribution in [3.8, 4) is 0 Å². The molecule has 1 atom stereocenters. The third kappa shape index (κ3) is 7.28. The maximum Gasteiger partial charge on any atom is 0.244 e. The van der Waals surface area contributed by atoms with Crippen LogP contribution in [0.4, 0.5) is 10.2 Å². The second kappa shape index (κ2) is 13.1. The number of carbonyl (C=O) groups is 1. The number of morpholine rings is 1. The number of carbonyl (C=O) groups excluding carboxylic acids is 1. The van der Waals surface area contributed by atoms with Gasteiger partial charge in [-0.1, -0.05) is 42.5 Å². The molecule has 2 N–H and O–H groups in total. The van der Waals surface area contributed by atoms with Crippen LogP contribution >= 0.6 is 0 Å². The van der Waals surface area contributed by atoms with Crippen LogP contribution in [0.3, 0.4) is 0 Å². The molecule has 0 bridgehead atoms. The molecule has 5 rings (SSSR count). The molecular weight excluding hydrogens is 545 g/mol. The largest absolute Gasteiger partial charge is 0.379 e. The second-order valence-electron chi connectivity index (χ2n) is 10.4. The number of benzene rings is 2. The number of likely N-dealkylation sites (tertiary alicyclic amines) is 1. The molecule has 1 aromatic heterocycles. The molecule has 2 saturated heterocycles. The molecule has 2 aliphatic heterocycles. The Kier molecular flexibility index (Phi) is 9.29. The number of nitrogens with one attached hydrogen (secondary N) is 2. The van der Waals surface area contributed by atoms with E-state index in [-0.39, 0.29) is 41.6 Å². The smallest absolute Gasteiger partial charge is 0.244 e. The summed E-state index contributed by atoms with van der Waals surface area (Å²) < 4.78 is 50.0. The number of rotatable bonds is 11. The number of anilines is 1. The molecule has 218 valence electrons. The van der Waals surface area contributed by atoms with Gasteiger partial charge >= 0.3 is 0 Å². The highest BCUT2D eigenvalue weighted by molar-refractivity contribution is 7.89. The molecule has 3 aromatic rings. The minimum atomic E-state index is -3.94. The van der Waals surface area contributed by atoms with Crippen molar-refractivity contribution in [1.29, 1.82) is 0 Å². The Balaban J connectivity index is 1.31. The Morgan fingerprint density at radius 2 is 1.80 bits per heavy atom. The number of halogens is 1. The molecule has 0 spiro atoms. The summed E-state index contributed by atoms with van der Waals surface area (Å²) in [5.74, 6) is 0.0519. The van der Waals surface area contributed by atoms with Crippen molar-refractivity contribution >= 4 is 21.7 Å². The molecule has 0 saturated carbocycles. The van der Waals surface area contributed by atoms with E-state index in [1.165, 1.54) is 12.1 Å². The highest BCUT2D eigenvalue weighted by Crippen LogP contribution is 2.27. The maximum absolute atomic E-state index is 14.8. The number of nitrogens with zero attached hydrogens (tertiary/aromatic N) is 3. The summed E-state index contributed by atoms with van der Waals surface area (Å²) >= 11 is 0. The van der Waals surface area contributed by atoms with Crippen molar-refractivity contribution in [1.82, 2.24) is 19.5 Å². The van der Waals surface area contributed by atoms with Gasteiger partial charge in [0.15, 0.2) is 0 Å². The number of ether oxygens (including phenoxy) is 1. The Hall–Kier alpha value is -3.38. The first kappa shape index (κ1) is 29.1. The molecule has 1 amide bonds. The van der Waals surface area contributed by atoms with Gasteiger partial charge in [-0.05, 0) is 42.7 Å². The fraction of sp³-hybridized carbons (Fsp3) is 0.400. The van der Waals surface area contributed by atoms with Gasteiger partial charge in [0.05, 0.1) is 19.3 Å². The first-order valence-electron chi connectivity index (χ1n) is 13.9. The van der Waals surface area contributed by atoms with Gasteiger partial charge in [0.25, 0.3) is 0 Å². The van der Waals surface area contributed by atoms with Crippen LogP contribution in [0.2, 0.25) is 0 Å². The van der Waals surface area contributed by atoms with Crippen molar-refractivity contribution < 1.29 is 22.3 Å². The van der Waals surface area contributed by atoms with Gasteiger partial charge in [0.1, 0.15) is 16.5 Å². The Morgan fingerprint density at radius 1 is 1.02 bits per heavy atom. The lowest BCUT2D eigenvalue weighted by atomic mass is 10.0. The van der Waals surface area contributed by atoms with E-state index < -0.39 is 10.0 Å². The molecule has 2 aliphatic rings. The third-order valence-electron chi connectivity index (χ3n) is 7.50. The van der Waals surface area contributed by atoms with Crippen LogP contribution in [0.25, 0.3) is 0 Å². The van der Waals surface area contributed by atoms with Crippen molar-refractivity contribution in [2.45, 2.75) is 43.8 Å². The van der Waals surface area contributed by atoms with Gasteiger partial charge in [-0.15, -0.1) is 0 Å². The van der Waals surface area contributed by atoms with E-state index in [0.29, 0.717) is 50.5 Å². The fourth-order valence-electron chi connectivity index (χ4n) is 5.34. The van der Waals surface area contributed by atoms with Gasteiger partial charge < -0.3 is 15.0 Å². The van der Waals surface area contributed by atoms with Crippen LogP contribution in [0.15, 0.2) is 65.6 Å². The van der Waals surface area contributed by atoms with Gasteiger partial charge in [-0.25, -0.2) is 22.5 Å². The van der Waals surface area contributed by atoms with Gasteiger partial charge in [0, 0.05) is 56.9 Å². The Bertz CT molecular complexity index is 1480. The van der Waals surface area contributed by atoms with Gasteiger partial charge in [0.2, 0.25) is 15.9 Å². The zero-order valence-corrected chi connectivity index (χ0v) is 24.0. The summed E-state index contributed by atoms with van der Waals surface area (Å²) in [4.78, 5) is 20.5. The number of aromatic nitrogens is 1. The van der Waals surface area contributed by atoms with Crippen LogP contribution in [0, 0.1) is 12.7 Å². The normalized spacial score (nSPS) is 17.1. The molecule has 2 fully saturated rings. The number of hydrogen-bond donors (Lipinski definition) is 2. The monoisotopic (exact) mass is 581 g/mol. The van der Waals surface area contributed by atoms with Crippen molar-refractivity contribution in [2.75, 3.05) is 44.7 Å². The van der Waals surface area contributed by atoms with E-state index >= 15 is 0 Å². The molecule has 9 nitrogen and oxygen atoms in total. The molecule has 0 radical (unpaired) electrons. The molecule has 2 aromatic carbocycles. The second-order valence-corrected chi connectivity index (χ2v) is 12.2. The number of sulfonamides is 1. The van der Waals surface area contributed by atoms with Crippen LogP contribution < -0.4 is 10.0 Å². The first-order chi connectivity index (χ1) is 19.8. The summed E-state index contributed by atoms with van der Waals surface area (Å²) in [6.45, 7) is 5.78. The van der Waals surface area contributed by atoms with Crippen LogP contribution in [-0.2, 0) is 32.6 Å². The van der Waals surface area contributed by atoms with Crippen LogP contribution in [-0.4, -0.2) is 68.5 Å². The lowest BCUT2D eigenvalue weighted by Crippen LogP contribution is -2.42. The van der Waals surface area contributed by atoms with Crippen molar-refractivity contribution in [3.05, 3.63) is 88.9 Å². The zero-order valence-electron chi connectivity index (χ0n) is 23.2. The summed E-state index contributed by atoms with van der Waals surface area (Å²) in [5, 5.41) is 3.22. The molecule has 11 heteroatoms. The SMILES string of the molecule is Cc1ccc(S(=O)(=O)NCc2cccc(CN3CCCC3=O)c2)c(NCC(c2ccccc2F)N2CCOCC2)n1. The van der Waals surface area contributed by atoms with Crippen molar-refractivity contribution in [2.24, 2.45) is 0 Å².